The van der Waals surface area contributed by atoms with Crippen LogP contribution >= 0.6 is 0 Å². The van der Waals surface area contributed by atoms with Crippen LogP contribution in [0.4, 0.5) is 0 Å². The van der Waals surface area contributed by atoms with Gasteiger partial charge in [0.1, 0.15) is 5.75 Å². The molecule has 1 aromatic carbocycles. The fraction of sp³-hybridized carbons (Fsp3) is 0.588. The molecule has 0 amide bonds. The average Bonchev–Trinajstić information content (AvgIpc) is 2.46. The summed E-state index contributed by atoms with van der Waals surface area (Å²) >= 11 is 0. The number of nitrogens with zero attached hydrogens (tertiary/aromatic N) is 3. The van der Waals surface area contributed by atoms with Gasteiger partial charge in [0.2, 0.25) is 0 Å². The molecule has 1 saturated heterocycles. The van der Waals surface area contributed by atoms with Gasteiger partial charge in [0.05, 0.1) is 12.2 Å². The average molecular weight is 287 g/mol. The molecule has 0 atom stereocenters. The van der Waals surface area contributed by atoms with Gasteiger partial charge < -0.3 is 4.74 Å². The van der Waals surface area contributed by atoms with Crippen molar-refractivity contribution >= 4 is 0 Å². The third-order valence-electron chi connectivity index (χ3n) is 3.68. The second-order valence-electron chi connectivity index (χ2n) is 5.84. The van der Waals surface area contributed by atoms with E-state index in [0.717, 1.165) is 45.0 Å². The van der Waals surface area contributed by atoms with Crippen LogP contribution in [0.3, 0.4) is 0 Å². The Morgan fingerprint density at radius 3 is 2.57 bits per heavy atom. The Labute approximate surface area is 127 Å². The van der Waals surface area contributed by atoms with E-state index in [1.165, 1.54) is 5.56 Å². The molecule has 0 bridgehead atoms. The van der Waals surface area contributed by atoms with Crippen molar-refractivity contribution in [3.63, 3.8) is 0 Å². The van der Waals surface area contributed by atoms with Crippen LogP contribution in [-0.4, -0.2) is 48.6 Å². The van der Waals surface area contributed by atoms with Gasteiger partial charge in [0, 0.05) is 45.7 Å². The first-order valence-electron chi connectivity index (χ1n) is 7.74. The zero-order chi connectivity index (χ0) is 15.1. The highest BCUT2D eigenvalue weighted by Gasteiger charge is 2.16. The lowest BCUT2D eigenvalue weighted by molar-refractivity contribution is 0.129. The van der Waals surface area contributed by atoms with E-state index in [2.05, 4.69) is 34.1 Å². The normalized spacial score (nSPS) is 16.9. The molecule has 1 fully saturated rings. The molecule has 0 unspecified atom stereocenters. The van der Waals surface area contributed by atoms with Gasteiger partial charge in [-0.15, -0.1) is 0 Å². The smallest absolute Gasteiger partial charge is 0.120 e. The number of nitriles is 1. The van der Waals surface area contributed by atoms with E-state index in [-0.39, 0.29) is 6.10 Å². The second-order valence-corrected chi connectivity index (χ2v) is 5.84. The maximum Gasteiger partial charge on any atom is 0.120 e. The van der Waals surface area contributed by atoms with Gasteiger partial charge >= 0.3 is 0 Å². The van der Waals surface area contributed by atoms with E-state index in [1.54, 1.807) is 0 Å². The van der Waals surface area contributed by atoms with E-state index in [1.807, 2.05) is 19.9 Å². The molecule has 0 radical (unpaired) electrons. The van der Waals surface area contributed by atoms with Gasteiger partial charge in [0.15, 0.2) is 0 Å². The maximum absolute atomic E-state index is 8.63. The van der Waals surface area contributed by atoms with Gasteiger partial charge in [0.25, 0.3) is 0 Å². The lowest BCUT2D eigenvalue weighted by Gasteiger charge is -2.34. The van der Waals surface area contributed by atoms with Crippen LogP contribution < -0.4 is 4.74 Å². The van der Waals surface area contributed by atoms with Crippen molar-refractivity contribution in [2.24, 2.45) is 0 Å². The summed E-state index contributed by atoms with van der Waals surface area (Å²) in [5.41, 5.74) is 1.30. The fourth-order valence-corrected chi connectivity index (χ4v) is 2.63. The van der Waals surface area contributed by atoms with Gasteiger partial charge in [-0.25, -0.2) is 0 Å². The van der Waals surface area contributed by atoms with Crippen molar-refractivity contribution in [2.75, 3.05) is 32.7 Å². The van der Waals surface area contributed by atoms with Crippen LogP contribution in [0.1, 0.15) is 25.8 Å². The number of piperazine rings is 1. The van der Waals surface area contributed by atoms with Crippen LogP contribution in [0.5, 0.6) is 5.75 Å². The summed E-state index contributed by atoms with van der Waals surface area (Å²) in [6.45, 7) is 10.2. The van der Waals surface area contributed by atoms with Gasteiger partial charge in [-0.05, 0) is 31.5 Å². The quantitative estimate of drug-likeness (QED) is 0.806. The summed E-state index contributed by atoms with van der Waals surface area (Å²) < 4.78 is 5.75. The first kappa shape index (κ1) is 15.8. The molecule has 0 spiro atoms. The van der Waals surface area contributed by atoms with Gasteiger partial charge in [-0.1, -0.05) is 12.1 Å². The number of ether oxygens (including phenoxy) is 1. The molecule has 0 saturated carbocycles. The second kappa shape index (κ2) is 8.02. The summed E-state index contributed by atoms with van der Waals surface area (Å²) in [4.78, 5) is 4.84. The highest BCUT2D eigenvalue weighted by Crippen LogP contribution is 2.17. The molecular weight excluding hydrogens is 262 g/mol. The minimum Gasteiger partial charge on any atom is -0.491 e. The molecule has 21 heavy (non-hydrogen) atoms. The minimum atomic E-state index is 0.212. The molecule has 114 valence electrons. The topological polar surface area (TPSA) is 39.5 Å². The Morgan fingerprint density at radius 2 is 1.90 bits per heavy atom. The number of benzene rings is 1. The zero-order valence-corrected chi connectivity index (χ0v) is 13.1. The number of rotatable bonds is 6. The molecular formula is C17H25N3O. The van der Waals surface area contributed by atoms with Crippen LogP contribution in [0.15, 0.2) is 24.3 Å². The molecule has 0 aliphatic carbocycles. The lowest BCUT2D eigenvalue weighted by atomic mass is 10.2. The summed E-state index contributed by atoms with van der Waals surface area (Å²) in [7, 11) is 0. The molecule has 0 N–H and O–H groups in total. The molecule has 0 aromatic heterocycles. The first-order valence-corrected chi connectivity index (χ1v) is 7.74. The predicted molar refractivity (Wildman–Crippen MR) is 84.2 cm³/mol. The standard InChI is InChI=1S/C17H25N3O/c1-15(2)21-17-6-3-5-16(13-17)14-20-11-9-19(10-12-20)8-4-7-18/h3,5-6,13,15H,4,8-12,14H2,1-2H3. The van der Waals surface area contributed by atoms with E-state index in [9.17, 15) is 0 Å². The molecule has 1 aromatic rings. The van der Waals surface area contributed by atoms with Crippen molar-refractivity contribution in [3.8, 4) is 11.8 Å². The van der Waals surface area contributed by atoms with Crippen LogP contribution in [0.25, 0.3) is 0 Å². The summed E-state index contributed by atoms with van der Waals surface area (Å²) in [5, 5.41) is 8.63. The summed E-state index contributed by atoms with van der Waals surface area (Å²) in [6, 6.07) is 10.6. The molecule has 4 heteroatoms. The van der Waals surface area contributed by atoms with Crippen molar-refractivity contribution in [1.82, 2.24) is 9.80 Å². The highest BCUT2D eigenvalue weighted by atomic mass is 16.5. The van der Waals surface area contributed by atoms with Crippen molar-refractivity contribution in [2.45, 2.75) is 32.9 Å². The highest BCUT2D eigenvalue weighted by molar-refractivity contribution is 5.28. The summed E-state index contributed by atoms with van der Waals surface area (Å²) in [5.74, 6) is 0.954. The van der Waals surface area contributed by atoms with Crippen molar-refractivity contribution in [3.05, 3.63) is 29.8 Å². The Hall–Kier alpha value is -1.57. The fourth-order valence-electron chi connectivity index (χ4n) is 2.63. The molecule has 1 heterocycles. The molecule has 1 aliphatic rings. The third-order valence-corrected chi connectivity index (χ3v) is 3.68. The zero-order valence-electron chi connectivity index (χ0n) is 13.1. The van der Waals surface area contributed by atoms with Crippen LogP contribution in [0.2, 0.25) is 0 Å². The van der Waals surface area contributed by atoms with E-state index in [4.69, 9.17) is 10.00 Å². The summed E-state index contributed by atoms with van der Waals surface area (Å²) in [6.07, 6.45) is 0.845. The molecule has 1 aliphatic heterocycles. The first-order chi connectivity index (χ1) is 10.2. The molecule has 4 nitrogen and oxygen atoms in total. The van der Waals surface area contributed by atoms with Crippen LogP contribution in [-0.2, 0) is 6.54 Å². The van der Waals surface area contributed by atoms with Crippen molar-refractivity contribution < 1.29 is 4.74 Å². The minimum absolute atomic E-state index is 0.212. The van der Waals surface area contributed by atoms with E-state index >= 15 is 0 Å². The number of hydrogen-bond acceptors (Lipinski definition) is 4. The molecule has 2 rings (SSSR count). The SMILES string of the molecule is CC(C)Oc1cccc(CN2CCN(CCC#N)CC2)c1. The van der Waals surface area contributed by atoms with E-state index in [0.29, 0.717) is 6.42 Å². The van der Waals surface area contributed by atoms with Gasteiger partial charge in [-0.2, -0.15) is 5.26 Å². The lowest BCUT2D eigenvalue weighted by Crippen LogP contribution is -2.46. The van der Waals surface area contributed by atoms with Crippen LogP contribution in [0, 0.1) is 11.3 Å². The Balaban J connectivity index is 1.82. The van der Waals surface area contributed by atoms with Crippen molar-refractivity contribution in [1.29, 1.82) is 5.26 Å². The van der Waals surface area contributed by atoms with E-state index < -0.39 is 0 Å². The number of hydrogen-bond donors (Lipinski definition) is 0. The third kappa shape index (κ3) is 5.37. The Kier molecular flexibility index (Phi) is 6.04. The Bertz CT molecular complexity index is 473. The monoisotopic (exact) mass is 287 g/mol. The predicted octanol–water partition coefficient (Wildman–Crippen LogP) is 2.51. The maximum atomic E-state index is 8.63. The Morgan fingerprint density at radius 1 is 1.19 bits per heavy atom. The largest absolute Gasteiger partial charge is 0.491 e. The van der Waals surface area contributed by atoms with Gasteiger partial charge in [-0.3, -0.25) is 9.80 Å².